The largest absolute Gasteiger partial charge is 0.504 e. The van der Waals surface area contributed by atoms with E-state index in [0.29, 0.717) is 0 Å². The summed E-state index contributed by atoms with van der Waals surface area (Å²) in [6, 6.07) is 8.37. The Morgan fingerprint density at radius 3 is 2.59 bits per heavy atom. The molecule has 0 saturated heterocycles. The predicted molar refractivity (Wildman–Crippen MR) is 75.8 cm³/mol. The topological polar surface area (TPSA) is 110 Å². The van der Waals surface area contributed by atoms with Gasteiger partial charge in [0.1, 0.15) is 0 Å². The number of nitrogens with zero attached hydrogens (tertiary/aromatic N) is 1. The van der Waals surface area contributed by atoms with Crippen LogP contribution in [0.3, 0.4) is 0 Å². The van der Waals surface area contributed by atoms with E-state index in [1.54, 1.807) is 6.07 Å². The lowest BCUT2D eigenvalue weighted by molar-refractivity contribution is -0.385. The van der Waals surface area contributed by atoms with Gasteiger partial charge in [0.15, 0.2) is 17.3 Å². The molecule has 0 amide bonds. The van der Waals surface area contributed by atoms with Crippen molar-refractivity contribution >= 4 is 17.5 Å². The number of phenolic OH excluding ortho intramolecular Hbond substituents is 2. The summed E-state index contributed by atoms with van der Waals surface area (Å²) in [6.45, 7) is 0. The Bertz CT molecular complexity index is 840. The standard InChI is InChI=1S/C15H9NO6/c17-11-6-5-9-13(18)12(22-15(9)14(11)19)7-8-3-1-2-4-10(8)16(20)21/h1-7,17,19H/b12-7-. The minimum atomic E-state index is -0.567. The number of fused-ring (bicyclic) bond motifs is 1. The summed E-state index contributed by atoms with van der Waals surface area (Å²) in [5.41, 5.74) is 0.113. The monoisotopic (exact) mass is 299 g/mol. The van der Waals surface area contributed by atoms with Gasteiger partial charge >= 0.3 is 0 Å². The van der Waals surface area contributed by atoms with Crippen LogP contribution in [0, 0.1) is 10.1 Å². The van der Waals surface area contributed by atoms with Crippen LogP contribution in [0.5, 0.6) is 17.2 Å². The summed E-state index contributed by atoms with van der Waals surface area (Å²) in [7, 11) is 0. The van der Waals surface area contributed by atoms with Crippen LogP contribution in [0.25, 0.3) is 6.08 Å². The normalized spacial score (nSPS) is 14.7. The van der Waals surface area contributed by atoms with Crippen LogP contribution in [0.1, 0.15) is 15.9 Å². The van der Waals surface area contributed by atoms with Gasteiger partial charge in [-0.1, -0.05) is 12.1 Å². The minimum Gasteiger partial charge on any atom is -0.504 e. The zero-order valence-corrected chi connectivity index (χ0v) is 11.0. The molecule has 7 nitrogen and oxygen atoms in total. The molecule has 22 heavy (non-hydrogen) atoms. The van der Waals surface area contributed by atoms with Crippen molar-refractivity contribution in [2.45, 2.75) is 0 Å². The molecular weight excluding hydrogens is 290 g/mol. The van der Waals surface area contributed by atoms with Crippen LogP contribution in [0.2, 0.25) is 0 Å². The maximum atomic E-state index is 12.2. The number of para-hydroxylation sites is 1. The van der Waals surface area contributed by atoms with E-state index in [2.05, 4.69) is 0 Å². The van der Waals surface area contributed by atoms with Gasteiger partial charge in [-0.25, -0.2) is 0 Å². The van der Waals surface area contributed by atoms with Crippen molar-refractivity contribution in [3.8, 4) is 17.2 Å². The molecular formula is C15H9NO6. The molecule has 0 bridgehead atoms. The number of benzene rings is 2. The zero-order chi connectivity index (χ0) is 15.9. The smallest absolute Gasteiger partial charge is 0.276 e. The Kier molecular flexibility index (Phi) is 3.03. The third kappa shape index (κ3) is 2.05. The highest BCUT2D eigenvalue weighted by molar-refractivity contribution is 6.15. The lowest BCUT2D eigenvalue weighted by atomic mass is 10.1. The maximum absolute atomic E-state index is 12.2. The van der Waals surface area contributed by atoms with Crippen molar-refractivity contribution < 1.29 is 24.7 Å². The van der Waals surface area contributed by atoms with E-state index in [-0.39, 0.29) is 28.3 Å². The summed E-state index contributed by atoms with van der Waals surface area (Å²) >= 11 is 0. The number of phenols is 2. The van der Waals surface area contributed by atoms with Crippen molar-refractivity contribution in [1.29, 1.82) is 0 Å². The molecule has 0 fully saturated rings. The van der Waals surface area contributed by atoms with Crippen LogP contribution in [-0.4, -0.2) is 20.9 Å². The molecule has 1 aliphatic heterocycles. The van der Waals surface area contributed by atoms with Gasteiger partial charge in [0.2, 0.25) is 11.5 Å². The Morgan fingerprint density at radius 1 is 1.14 bits per heavy atom. The lowest BCUT2D eigenvalue weighted by Crippen LogP contribution is -1.99. The minimum absolute atomic E-state index is 0.0835. The number of carbonyl (C=O) groups excluding carboxylic acids is 1. The van der Waals surface area contributed by atoms with E-state index in [1.165, 1.54) is 36.4 Å². The molecule has 1 heterocycles. The van der Waals surface area contributed by atoms with Crippen LogP contribution in [0.15, 0.2) is 42.2 Å². The Morgan fingerprint density at radius 2 is 1.86 bits per heavy atom. The number of hydrogen-bond donors (Lipinski definition) is 2. The highest BCUT2D eigenvalue weighted by Crippen LogP contribution is 2.44. The molecule has 3 rings (SSSR count). The van der Waals surface area contributed by atoms with Gasteiger partial charge in [-0.2, -0.15) is 0 Å². The van der Waals surface area contributed by atoms with Gasteiger partial charge in [0.05, 0.1) is 16.1 Å². The van der Waals surface area contributed by atoms with E-state index in [9.17, 15) is 25.1 Å². The number of hydrogen-bond acceptors (Lipinski definition) is 6. The lowest BCUT2D eigenvalue weighted by Gasteiger charge is -2.02. The average molecular weight is 299 g/mol. The Labute approximate surface area is 123 Å². The molecule has 1 aliphatic rings. The van der Waals surface area contributed by atoms with Crippen LogP contribution in [-0.2, 0) is 0 Å². The molecule has 0 radical (unpaired) electrons. The molecule has 2 N–H and O–H groups in total. The van der Waals surface area contributed by atoms with Crippen molar-refractivity contribution in [3.05, 3.63) is 63.4 Å². The molecule has 110 valence electrons. The first-order chi connectivity index (χ1) is 10.5. The molecule has 2 aromatic rings. The first-order valence-electron chi connectivity index (χ1n) is 6.21. The average Bonchev–Trinajstić information content (AvgIpc) is 2.81. The van der Waals surface area contributed by atoms with E-state index in [0.717, 1.165) is 0 Å². The number of nitro groups is 1. The maximum Gasteiger partial charge on any atom is 0.276 e. The molecule has 0 aliphatic carbocycles. The number of nitro benzene ring substituents is 1. The summed E-state index contributed by atoms with van der Waals surface area (Å²) in [5, 5.41) is 30.1. The van der Waals surface area contributed by atoms with Gasteiger partial charge in [0, 0.05) is 6.07 Å². The fourth-order valence-electron chi connectivity index (χ4n) is 2.14. The number of carbonyl (C=O) groups is 1. The highest BCUT2D eigenvalue weighted by Gasteiger charge is 2.31. The van der Waals surface area contributed by atoms with Gasteiger partial charge in [-0.05, 0) is 24.3 Å². The molecule has 0 atom stereocenters. The molecule has 0 unspecified atom stereocenters. The Hall–Kier alpha value is -3.35. The van der Waals surface area contributed by atoms with Gasteiger partial charge in [-0.3, -0.25) is 14.9 Å². The van der Waals surface area contributed by atoms with Crippen LogP contribution >= 0.6 is 0 Å². The second-order valence-corrected chi connectivity index (χ2v) is 4.57. The summed E-state index contributed by atoms with van der Waals surface area (Å²) in [4.78, 5) is 22.6. The SMILES string of the molecule is O=C1/C(=C/c2ccccc2[N+](=O)[O-])Oc2c1ccc(O)c2O. The van der Waals surface area contributed by atoms with Gasteiger partial charge < -0.3 is 14.9 Å². The second kappa shape index (κ2) is 4.88. The Balaban J connectivity index is 2.08. The number of aromatic hydroxyl groups is 2. The van der Waals surface area contributed by atoms with Gasteiger partial charge in [0.25, 0.3) is 5.69 Å². The number of allylic oxidation sites excluding steroid dienone is 1. The fourth-order valence-corrected chi connectivity index (χ4v) is 2.14. The number of Topliss-reactive ketones (excluding diaryl/α,β-unsaturated/α-hetero) is 1. The van der Waals surface area contributed by atoms with Crippen molar-refractivity contribution in [2.24, 2.45) is 0 Å². The van der Waals surface area contributed by atoms with Crippen molar-refractivity contribution in [3.63, 3.8) is 0 Å². The summed E-state index contributed by atoms with van der Waals surface area (Å²) in [5.74, 6) is -1.81. The van der Waals surface area contributed by atoms with Crippen LogP contribution < -0.4 is 4.74 Å². The summed E-state index contributed by atoms with van der Waals surface area (Å²) < 4.78 is 5.25. The quantitative estimate of drug-likeness (QED) is 0.382. The first-order valence-corrected chi connectivity index (χ1v) is 6.21. The van der Waals surface area contributed by atoms with Gasteiger partial charge in [-0.15, -0.1) is 0 Å². The highest BCUT2D eigenvalue weighted by atomic mass is 16.6. The third-order valence-corrected chi connectivity index (χ3v) is 3.21. The zero-order valence-electron chi connectivity index (χ0n) is 11.0. The van der Waals surface area contributed by atoms with E-state index < -0.39 is 22.2 Å². The second-order valence-electron chi connectivity index (χ2n) is 4.57. The summed E-state index contributed by atoms with van der Waals surface area (Å²) in [6.07, 6.45) is 1.23. The van der Waals surface area contributed by atoms with Crippen molar-refractivity contribution in [1.82, 2.24) is 0 Å². The number of rotatable bonds is 2. The molecule has 2 aromatic carbocycles. The fraction of sp³-hybridized carbons (Fsp3) is 0. The first kappa shape index (κ1) is 13.6. The number of ketones is 1. The molecule has 0 saturated carbocycles. The number of ether oxygens (including phenoxy) is 1. The van der Waals surface area contributed by atoms with E-state index in [4.69, 9.17) is 4.74 Å². The molecule has 0 spiro atoms. The van der Waals surface area contributed by atoms with Crippen molar-refractivity contribution in [2.75, 3.05) is 0 Å². The molecule has 7 heteroatoms. The van der Waals surface area contributed by atoms with E-state index >= 15 is 0 Å². The predicted octanol–water partition coefficient (Wildman–Crippen LogP) is 2.62. The molecule has 0 aromatic heterocycles. The van der Waals surface area contributed by atoms with E-state index in [1.807, 2.05) is 0 Å². The van der Waals surface area contributed by atoms with Crippen LogP contribution in [0.4, 0.5) is 5.69 Å². The third-order valence-electron chi connectivity index (χ3n) is 3.21.